The number of carbonyl (C=O) groups is 2. The van der Waals surface area contributed by atoms with Crippen molar-refractivity contribution in [2.75, 3.05) is 11.9 Å². The minimum absolute atomic E-state index is 0.0610. The van der Waals surface area contributed by atoms with Crippen LogP contribution in [0, 0.1) is 0 Å². The Morgan fingerprint density at radius 3 is 2.25 bits per heavy atom. The summed E-state index contributed by atoms with van der Waals surface area (Å²) < 4.78 is 40.4. The molecule has 0 spiro atoms. The third-order valence-corrected chi connectivity index (χ3v) is 7.08. The first-order chi connectivity index (χ1) is 19.2. The normalized spacial score (nSPS) is 13.8. The summed E-state index contributed by atoms with van der Waals surface area (Å²) in [5.41, 5.74) is 3.54. The van der Waals surface area contributed by atoms with Crippen molar-refractivity contribution in [1.29, 1.82) is 0 Å². The lowest BCUT2D eigenvalue weighted by Gasteiger charge is -2.30. The summed E-state index contributed by atoms with van der Waals surface area (Å²) in [4.78, 5) is 27.9. The van der Waals surface area contributed by atoms with Crippen LogP contribution < -0.4 is 10.6 Å². The number of benzene rings is 4. The number of nitrogens with zero attached hydrogens (tertiary/aromatic N) is 1. The van der Waals surface area contributed by atoms with Gasteiger partial charge in [0.1, 0.15) is 0 Å². The zero-order chi connectivity index (χ0) is 28.3. The summed E-state index contributed by atoms with van der Waals surface area (Å²) >= 11 is 0. The second-order valence-corrected chi connectivity index (χ2v) is 9.82. The third-order valence-electron chi connectivity index (χ3n) is 7.08. The van der Waals surface area contributed by atoms with Crippen molar-refractivity contribution in [3.05, 3.63) is 125 Å². The first kappa shape index (κ1) is 27.0. The summed E-state index contributed by atoms with van der Waals surface area (Å²) in [6, 6.07) is 26.9. The smallest absolute Gasteiger partial charge is 0.331 e. The van der Waals surface area contributed by atoms with Crippen molar-refractivity contribution in [3.8, 4) is 11.1 Å². The van der Waals surface area contributed by atoms with Crippen LogP contribution in [-0.4, -0.2) is 23.4 Å². The van der Waals surface area contributed by atoms with Gasteiger partial charge in [0.2, 0.25) is 0 Å². The molecule has 0 fully saturated rings. The lowest BCUT2D eigenvalue weighted by Crippen LogP contribution is -2.43. The maximum Gasteiger partial charge on any atom is 0.416 e. The molecule has 0 bridgehead atoms. The maximum atomic E-state index is 13.5. The Hall–Kier alpha value is -4.59. The Labute approximate surface area is 230 Å². The molecule has 0 unspecified atom stereocenters. The molecular formula is C32H28F3N3O2. The van der Waals surface area contributed by atoms with Crippen LogP contribution in [0.3, 0.4) is 0 Å². The fourth-order valence-corrected chi connectivity index (χ4v) is 4.88. The van der Waals surface area contributed by atoms with Crippen molar-refractivity contribution < 1.29 is 22.8 Å². The Kier molecular flexibility index (Phi) is 7.60. The van der Waals surface area contributed by atoms with Crippen LogP contribution >= 0.6 is 0 Å². The van der Waals surface area contributed by atoms with E-state index in [0.29, 0.717) is 36.3 Å². The molecule has 0 saturated heterocycles. The van der Waals surface area contributed by atoms with Gasteiger partial charge in [0, 0.05) is 24.3 Å². The number of rotatable bonds is 5. The van der Waals surface area contributed by atoms with Gasteiger partial charge in [-0.2, -0.15) is 13.2 Å². The van der Waals surface area contributed by atoms with E-state index in [2.05, 4.69) is 10.6 Å². The standard InChI is InChI=1S/C32H28F3N3O2/c1-21(22-8-4-2-5-9-22)36-31(40)38-17-16-24-18-27(14-12-25(24)20-38)37-30(39)29-19-26(32(33,34)35)13-15-28(29)23-10-6-3-7-11-23/h2-15,18-19,21H,16-17,20H2,1H3,(H,36,40)(H,37,39)/t21-/m1/s1. The van der Waals surface area contributed by atoms with Gasteiger partial charge in [0.15, 0.2) is 0 Å². The molecule has 1 aliphatic rings. The van der Waals surface area contributed by atoms with Crippen LogP contribution in [0.15, 0.2) is 97.1 Å². The van der Waals surface area contributed by atoms with Crippen LogP contribution in [0.5, 0.6) is 0 Å². The Bertz CT molecular complexity index is 1520. The third kappa shape index (κ3) is 6.01. The van der Waals surface area contributed by atoms with E-state index in [9.17, 15) is 22.8 Å². The molecule has 204 valence electrons. The number of carbonyl (C=O) groups excluding carboxylic acids is 2. The minimum Gasteiger partial charge on any atom is -0.331 e. The van der Waals surface area contributed by atoms with Crippen molar-refractivity contribution >= 4 is 17.6 Å². The zero-order valence-corrected chi connectivity index (χ0v) is 21.8. The van der Waals surface area contributed by atoms with Crippen molar-refractivity contribution in [2.45, 2.75) is 32.1 Å². The van der Waals surface area contributed by atoms with Crippen LogP contribution in [-0.2, 0) is 19.1 Å². The van der Waals surface area contributed by atoms with Gasteiger partial charge in [-0.25, -0.2) is 4.79 Å². The van der Waals surface area contributed by atoms with E-state index in [4.69, 9.17) is 0 Å². The number of alkyl halides is 3. The summed E-state index contributed by atoms with van der Waals surface area (Å²) in [5, 5.41) is 5.81. The van der Waals surface area contributed by atoms with E-state index in [-0.39, 0.29) is 17.6 Å². The Morgan fingerprint density at radius 2 is 1.55 bits per heavy atom. The fourth-order valence-electron chi connectivity index (χ4n) is 4.88. The number of fused-ring (bicyclic) bond motifs is 1. The summed E-state index contributed by atoms with van der Waals surface area (Å²) in [6.45, 7) is 2.86. The van der Waals surface area contributed by atoms with Gasteiger partial charge >= 0.3 is 12.2 Å². The molecular weight excluding hydrogens is 515 g/mol. The summed E-state index contributed by atoms with van der Waals surface area (Å²) in [6.07, 6.45) is -3.99. The second kappa shape index (κ2) is 11.3. The highest BCUT2D eigenvalue weighted by molar-refractivity contribution is 6.09. The van der Waals surface area contributed by atoms with Crippen molar-refractivity contribution in [1.82, 2.24) is 10.2 Å². The second-order valence-electron chi connectivity index (χ2n) is 9.82. The molecule has 2 N–H and O–H groups in total. The number of nitrogens with one attached hydrogen (secondary N) is 2. The highest BCUT2D eigenvalue weighted by atomic mass is 19.4. The van der Waals surface area contributed by atoms with Crippen LogP contribution in [0.1, 0.15) is 45.6 Å². The number of amides is 3. The molecule has 1 atom stereocenters. The van der Waals surface area contributed by atoms with Crippen LogP contribution in [0.4, 0.5) is 23.7 Å². The molecule has 1 aliphatic heterocycles. The van der Waals surface area contributed by atoms with Crippen molar-refractivity contribution in [2.24, 2.45) is 0 Å². The quantitative estimate of drug-likeness (QED) is 0.275. The molecule has 4 aromatic rings. The highest BCUT2D eigenvalue weighted by Gasteiger charge is 2.32. The summed E-state index contributed by atoms with van der Waals surface area (Å²) in [7, 11) is 0. The predicted molar refractivity (Wildman–Crippen MR) is 149 cm³/mol. The van der Waals surface area contributed by atoms with Gasteiger partial charge in [-0.3, -0.25) is 4.79 Å². The van der Waals surface area contributed by atoms with Gasteiger partial charge in [0.25, 0.3) is 5.91 Å². The monoisotopic (exact) mass is 543 g/mol. The molecule has 0 saturated carbocycles. The fraction of sp³-hybridized carbons (Fsp3) is 0.188. The Morgan fingerprint density at radius 1 is 0.850 bits per heavy atom. The first-order valence-electron chi connectivity index (χ1n) is 13.0. The lowest BCUT2D eigenvalue weighted by molar-refractivity contribution is -0.137. The first-order valence-corrected chi connectivity index (χ1v) is 13.0. The molecule has 40 heavy (non-hydrogen) atoms. The number of hydrogen-bond acceptors (Lipinski definition) is 2. The minimum atomic E-state index is -4.58. The van der Waals surface area contributed by atoms with Gasteiger partial charge in [-0.1, -0.05) is 72.8 Å². The highest BCUT2D eigenvalue weighted by Crippen LogP contribution is 2.34. The molecule has 3 amide bonds. The van der Waals surface area contributed by atoms with Crippen LogP contribution in [0.25, 0.3) is 11.1 Å². The zero-order valence-electron chi connectivity index (χ0n) is 21.8. The molecule has 0 aromatic heterocycles. The average molecular weight is 544 g/mol. The van der Waals surface area contributed by atoms with Gasteiger partial charge in [-0.05, 0) is 65.4 Å². The lowest BCUT2D eigenvalue weighted by atomic mass is 9.96. The predicted octanol–water partition coefficient (Wildman–Crippen LogP) is 7.45. The topological polar surface area (TPSA) is 61.4 Å². The van der Waals surface area contributed by atoms with E-state index >= 15 is 0 Å². The molecule has 0 aliphatic carbocycles. The molecule has 0 radical (unpaired) electrons. The summed E-state index contributed by atoms with van der Waals surface area (Å²) in [5.74, 6) is -0.628. The largest absolute Gasteiger partial charge is 0.416 e. The number of urea groups is 1. The van der Waals surface area contributed by atoms with Gasteiger partial charge < -0.3 is 15.5 Å². The number of halogens is 3. The van der Waals surface area contributed by atoms with E-state index in [1.54, 1.807) is 41.3 Å². The average Bonchev–Trinajstić information content (AvgIpc) is 2.97. The molecule has 4 aromatic carbocycles. The van der Waals surface area contributed by atoms with Gasteiger partial charge in [-0.15, -0.1) is 0 Å². The van der Waals surface area contributed by atoms with E-state index in [1.165, 1.54) is 6.07 Å². The van der Waals surface area contributed by atoms with E-state index < -0.39 is 17.6 Å². The molecule has 5 rings (SSSR count). The molecule has 5 nitrogen and oxygen atoms in total. The maximum absolute atomic E-state index is 13.5. The number of hydrogen-bond donors (Lipinski definition) is 2. The number of anilines is 1. The van der Waals surface area contributed by atoms with Crippen LogP contribution in [0.2, 0.25) is 0 Å². The van der Waals surface area contributed by atoms with E-state index in [1.807, 2.05) is 49.4 Å². The Balaban J connectivity index is 1.31. The molecule has 1 heterocycles. The SMILES string of the molecule is C[C@@H](NC(=O)N1CCc2cc(NC(=O)c3cc(C(F)(F)F)ccc3-c3ccccc3)ccc2C1)c1ccccc1. The van der Waals surface area contributed by atoms with Crippen molar-refractivity contribution in [3.63, 3.8) is 0 Å². The molecule has 8 heteroatoms. The van der Waals surface area contributed by atoms with E-state index in [0.717, 1.165) is 28.8 Å². The van der Waals surface area contributed by atoms with Gasteiger partial charge in [0.05, 0.1) is 11.6 Å².